The van der Waals surface area contributed by atoms with Gasteiger partial charge in [0.2, 0.25) is 17.7 Å². The quantitative estimate of drug-likeness (QED) is 0.434. The van der Waals surface area contributed by atoms with Crippen LogP contribution in [0, 0.1) is 5.41 Å². The molecule has 0 bridgehead atoms. The van der Waals surface area contributed by atoms with E-state index >= 15 is 0 Å². The molecular weight excluding hydrogens is 376 g/mol. The first-order valence-electron chi connectivity index (χ1n) is 9.65. The SMILES string of the molecule is CNCC(=O)N[C@H]1Cc2ccc(O)c(O)c2[C@H]2CC(C)(C)C(CC(N)=O)N2C1=O. The van der Waals surface area contributed by atoms with Gasteiger partial charge in [0.15, 0.2) is 11.5 Å². The minimum absolute atomic E-state index is 0.0265. The molecule has 1 aromatic carbocycles. The maximum atomic E-state index is 13.5. The highest BCUT2D eigenvalue weighted by molar-refractivity contribution is 5.90. The smallest absolute Gasteiger partial charge is 0.246 e. The number of phenolic OH excluding ortho intramolecular Hbond substituents is 2. The molecule has 3 amide bonds. The second-order valence-corrected chi connectivity index (χ2v) is 8.50. The van der Waals surface area contributed by atoms with Crippen molar-refractivity contribution in [1.29, 1.82) is 0 Å². The van der Waals surface area contributed by atoms with Crippen LogP contribution in [0.1, 0.15) is 43.9 Å². The van der Waals surface area contributed by atoms with Gasteiger partial charge in [-0.2, -0.15) is 0 Å². The summed E-state index contributed by atoms with van der Waals surface area (Å²) >= 11 is 0. The van der Waals surface area contributed by atoms with Gasteiger partial charge in [0, 0.05) is 24.4 Å². The Kier molecular flexibility index (Phi) is 5.44. The van der Waals surface area contributed by atoms with Crippen LogP contribution < -0.4 is 16.4 Å². The Bertz CT molecular complexity index is 854. The lowest BCUT2D eigenvalue weighted by Crippen LogP contribution is -2.53. The molecule has 1 saturated heterocycles. The number of hydrogen-bond acceptors (Lipinski definition) is 6. The van der Waals surface area contributed by atoms with E-state index in [1.165, 1.54) is 6.07 Å². The molecule has 3 atom stereocenters. The van der Waals surface area contributed by atoms with E-state index in [0.717, 1.165) is 0 Å². The van der Waals surface area contributed by atoms with Crippen molar-refractivity contribution in [1.82, 2.24) is 15.5 Å². The molecule has 1 unspecified atom stereocenters. The third-order valence-corrected chi connectivity index (χ3v) is 5.96. The van der Waals surface area contributed by atoms with Gasteiger partial charge in [-0.3, -0.25) is 14.4 Å². The average Bonchev–Trinajstić information content (AvgIpc) is 2.80. The topological polar surface area (TPSA) is 145 Å². The molecule has 9 nitrogen and oxygen atoms in total. The fourth-order valence-electron chi connectivity index (χ4n) is 4.63. The maximum absolute atomic E-state index is 13.5. The molecule has 0 radical (unpaired) electrons. The van der Waals surface area contributed by atoms with Gasteiger partial charge in [-0.25, -0.2) is 0 Å². The summed E-state index contributed by atoms with van der Waals surface area (Å²) in [6.45, 7) is 3.93. The van der Waals surface area contributed by atoms with Crippen LogP contribution in [0.5, 0.6) is 11.5 Å². The number of primary amides is 1. The Morgan fingerprint density at radius 1 is 1.31 bits per heavy atom. The molecular formula is C20H28N4O5. The average molecular weight is 404 g/mol. The zero-order valence-electron chi connectivity index (χ0n) is 16.9. The van der Waals surface area contributed by atoms with Crippen molar-refractivity contribution in [3.8, 4) is 11.5 Å². The monoisotopic (exact) mass is 404 g/mol. The van der Waals surface area contributed by atoms with Crippen LogP contribution in [0.25, 0.3) is 0 Å². The van der Waals surface area contributed by atoms with Crippen LogP contribution in [0.3, 0.4) is 0 Å². The number of carbonyl (C=O) groups is 3. The van der Waals surface area contributed by atoms with E-state index in [-0.39, 0.29) is 42.7 Å². The molecule has 158 valence electrons. The zero-order valence-corrected chi connectivity index (χ0v) is 16.9. The highest BCUT2D eigenvalue weighted by Gasteiger charge is 2.53. The summed E-state index contributed by atoms with van der Waals surface area (Å²) in [6, 6.07) is 1.16. The van der Waals surface area contributed by atoms with Crippen molar-refractivity contribution in [2.75, 3.05) is 13.6 Å². The van der Waals surface area contributed by atoms with E-state index < -0.39 is 29.4 Å². The molecule has 0 saturated carbocycles. The van der Waals surface area contributed by atoms with E-state index in [0.29, 0.717) is 17.5 Å². The summed E-state index contributed by atoms with van der Waals surface area (Å²) in [5.74, 6) is -1.74. The summed E-state index contributed by atoms with van der Waals surface area (Å²) in [5.41, 5.74) is 6.14. The second kappa shape index (κ2) is 7.55. The molecule has 1 fully saturated rings. The van der Waals surface area contributed by atoms with Gasteiger partial charge in [0.05, 0.1) is 12.6 Å². The molecule has 2 aliphatic heterocycles. The van der Waals surface area contributed by atoms with Crippen molar-refractivity contribution in [2.24, 2.45) is 11.1 Å². The lowest BCUT2D eigenvalue weighted by Gasteiger charge is -2.34. The summed E-state index contributed by atoms with van der Waals surface area (Å²) < 4.78 is 0. The number of fused-ring (bicyclic) bond motifs is 3. The van der Waals surface area contributed by atoms with Crippen LogP contribution in [0.4, 0.5) is 0 Å². The van der Waals surface area contributed by atoms with Crippen molar-refractivity contribution < 1.29 is 24.6 Å². The molecule has 6 N–H and O–H groups in total. The largest absolute Gasteiger partial charge is 0.504 e. The molecule has 0 aromatic heterocycles. The van der Waals surface area contributed by atoms with E-state index in [2.05, 4.69) is 10.6 Å². The molecule has 1 aromatic rings. The lowest BCUT2D eigenvalue weighted by atomic mass is 9.80. The van der Waals surface area contributed by atoms with Gasteiger partial charge >= 0.3 is 0 Å². The number of carbonyl (C=O) groups excluding carboxylic acids is 3. The van der Waals surface area contributed by atoms with Gasteiger partial charge in [-0.05, 0) is 30.5 Å². The number of hydrogen-bond donors (Lipinski definition) is 5. The van der Waals surface area contributed by atoms with E-state index in [1.807, 2.05) is 13.8 Å². The molecule has 3 rings (SSSR count). The normalized spacial score (nSPS) is 25.1. The Hall–Kier alpha value is -2.81. The summed E-state index contributed by atoms with van der Waals surface area (Å²) in [4.78, 5) is 39.0. The molecule has 0 spiro atoms. The summed E-state index contributed by atoms with van der Waals surface area (Å²) in [7, 11) is 1.63. The highest BCUT2D eigenvalue weighted by atomic mass is 16.3. The fraction of sp³-hybridized carbons (Fsp3) is 0.550. The number of benzene rings is 1. The number of amides is 3. The van der Waals surface area contributed by atoms with Crippen LogP contribution >= 0.6 is 0 Å². The number of nitrogens with one attached hydrogen (secondary N) is 2. The van der Waals surface area contributed by atoms with E-state index in [1.54, 1.807) is 18.0 Å². The standard InChI is InChI=1S/C20H28N4O5/c1-20(2)8-12-17-10(4-5-13(25)18(17)28)6-11(23-16(27)9-22-3)19(29)24(12)14(20)7-15(21)26/h4-5,11-12,14,22,25,28H,6-9H2,1-3H3,(H2,21,26)(H,23,27)/t11-,12+,14?/m0/s1. The van der Waals surface area contributed by atoms with Crippen LogP contribution in [0.2, 0.25) is 0 Å². The van der Waals surface area contributed by atoms with Crippen LogP contribution in [-0.2, 0) is 20.8 Å². The minimum atomic E-state index is -0.854. The molecule has 0 aliphatic carbocycles. The first-order chi connectivity index (χ1) is 13.6. The first kappa shape index (κ1) is 20.9. The van der Waals surface area contributed by atoms with Gasteiger partial charge in [0.25, 0.3) is 0 Å². The summed E-state index contributed by atoms with van der Waals surface area (Å²) in [6.07, 6.45) is 0.632. The predicted molar refractivity (Wildman–Crippen MR) is 105 cm³/mol. The third-order valence-electron chi connectivity index (χ3n) is 5.96. The number of aromatic hydroxyl groups is 2. The molecule has 29 heavy (non-hydrogen) atoms. The number of nitrogens with two attached hydrogens (primary N) is 1. The molecule has 2 heterocycles. The Labute approximate surface area is 169 Å². The number of phenols is 2. The predicted octanol–water partition coefficient (Wildman–Crippen LogP) is -0.0983. The zero-order chi connectivity index (χ0) is 21.5. The minimum Gasteiger partial charge on any atom is -0.504 e. The van der Waals surface area contributed by atoms with E-state index in [9.17, 15) is 24.6 Å². The first-order valence-corrected chi connectivity index (χ1v) is 9.65. The van der Waals surface area contributed by atoms with Gasteiger partial charge < -0.3 is 31.5 Å². The van der Waals surface area contributed by atoms with Crippen molar-refractivity contribution >= 4 is 17.7 Å². The maximum Gasteiger partial charge on any atom is 0.246 e. The molecule has 2 aliphatic rings. The fourth-order valence-corrected chi connectivity index (χ4v) is 4.63. The van der Waals surface area contributed by atoms with Gasteiger partial charge in [-0.1, -0.05) is 19.9 Å². The Balaban J connectivity index is 2.12. The number of rotatable bonds is 5. The lowest BCUT2D eigenvalue weighted by molar-refractivity contribution is -0.140. The van der Waals surface area contributed by atoms with Crippen LogP contribution in [0.15, 0.2) is 12.1 Å². The number of likely N-dealkylation sites (N-methyl/N-ethyl adjacent to an activating group) is 1. The van der Waals surface area contributed by atoms with Gasteiger partial charge in [-0.15, -0.1) is 0 Å². The van der Waals surface area contributed by atoms with Crippen LogP contribution in [-0.4, -0.2) is 58.5 Å². The Morgan fingerprint density at radius 2 is 2.00 bits per heavy atom. The second-order valence-electron chi connectivity index (χ2n) is 8.50. The number of nitrogens with zero attached hydrogens (tertiary/aromatic N) is 1. The van der Waals surface area contributed by atoms with Crippen molar-refractivity contribution in [3.63, 3.8) is 0 Å². The molecule has 9 heteroatoms. The highest BCUT2D eigenvalue weighted by Crippen LogP contribution is 2.53. The Morgan fingerprint density at radius 3 is 2.62 bits per heavy atom. The summed E-state index contributed by atoms with van der Waals surface area (Å²) in [5, 5.41) is 26.2. The van der Waals surface area contributed by atoms with E-state index in [4.69, 9.17) is 5.73 Å². The van der Waals surface area contributed by atoms with Crippen molar-refractivity contribution in [3.05, 3.63) is 23.3 Å². The van der Waals surface area contributed by atoms with Crippen molar-refractivity contribution in [2.45, 2.75) is 51.2 Å². The third kappa shape index (κ3) is 3.74. The van der Waals surface area contributed by atoms with Gasteiger partial charge in [0.1, 0.15) is 6.04 Å².